The van der Waals surface area contributed by atoms with Crippen molar-refractivity contribution < 1.29 is 4.79 Å². The van der Waals surface area contributed by atoms with Crippen molar-refractivity contribution in [2.45, 2.75) is 39.3 Å². The van der Waals surface area contributed by atoms with Gasteiger partial charge in [-0.3, -0.25) is 14.2 Å². The van der Waals surface area contributed by atoms with Crippen molar-refractivity contribution in [1.29, 1.82) is 0 Å². The predicted molar refractivity (Wildman–Crippen MR) is 73.7 cm³/mol. The first-order valence-electron chi connectivity index (χ1n) is 5.65. The van der Waals surface area contributed by atoms with Crippen LogP contribution >= 0.6 is 27.5 Å². The molecule has 1 heterocycles. The molecule has 18 heavy (non-hydrogen) atoms. The molecule has 0 bridgehead atoms. The molecule has 0 aromatic carbocycles. The molecular formula is C11H15BrClN3O2. The van der Waals surface area contributed by atoms with Gasteiger partial charge in [-0.1, -0.05) is 24.9 Å². The molecule has 5 nitrogen and oxygen atoms in total. The van der Waals surface area contributed by atoms with Gasteiger partial charge in [0, 0.05) is 6.04 Å². The van der Waals surface area contributed by atoms with Crippen molar-refractivity contribution in [2.75, 3.05) is 0 Å². The Labute approximate surface area is 119 Å². The molecule has 1 rings (SSSR count). The number of hydrogen-bond acceptors (Lipinski definition) is 3. The fourth-order valence-electron chi connectivity index (χ4n) is 1.54. The number of aromatic nitrogens is 2. The minimum absolute atomic E-state index is 0.0599. The largest absolute Gasteiger partial charge is 0.352 e. The maximum Gasteiger partial charge on any atom is 0.269 e. The van der Waals surface area contributed by atoms with E-state index in [9.17, 15) is 9.59 Å². The topological polar surface area (TPSA) is 64.0 Å². The van der Waals surface area contributed by atoms with Crippen LogP contribution in [0.1, 0.15) is 26.7 Å². The van der Waals surface area contributed by atoms with Crippen LogP contribution in [0.3, 0.4) is 0 Å². The summed E-state index contributed by atoms with van der Waals surface area (Å²) in [6, 6.07) is 0.0990. The zero-order chi connectivity index (χ0) is 13.7. The van der Waals surface area contributed by atoms with Crippen LogP contribution in [0, 0.1) is 0 Å². The van der Waals surface area contributed by atoms with Crippen LogP contribution in [0.25, 0.3) is 0 Å². The van der Waals surface area contributed by atoms with Crippen molar-refractivity contribution in [3.8, 4) is 0 Å². The summed E-state index contributed by atoms with van der Waals surface area (Å²) in [4.78, 5) is 27.3. The molecule has 0 saturated carbocycles. The van der Waals surface area contributed by atoms with Gasteiger partial charge in [-0.05, 0) is 29.3 Å². The second kappa shape index (κ2) is 6.89. The first-order chi connectivity index (χ1) is 8.45. The third-order valence-corrected chi connectivity index (χ3v) is 3.61. The van der Waals surface area contributed by atoms with E-state index in [1.165, 1.54) is 10.9 Å². The summed E-state index contributed by atoms with van der Waals surface area (Å²) in [5.74, 6) is -0.214. The number of carbonyl (C=O) groups is 1. The molecule has 0 saturated heterocycles. The van der Waals surface area contributed by atoms with Crippen LogP contribution in [0.5, 0.6) is 0 Å². The summed E-state index contributed by atoms with van der Waals surface area (Å²) < 4.78 is 1.38. The average molecular weight is 337 g/mol. The number of nitrogens with one attached hydrogen (secondary N) is 1. The summed E-state index contributed by atoms with van der Waals surface area (Å²) in [5.41, 5.74) is -0.367. The number of nitrogens with zero attached hydrogens (tertiary/aromatic N) is 2. The van der Waals surface area contributed by atoms with Crippen LogP contribution in [0.2, 0.25) is 5.15 Å². The van der Waals surface area contributed by atoms with Gasteiger partial charge in [0.05, 0.1) is 6.33 Å². The highest BCUT2D eigenvalue weighted by atomic mass is 79.9. The number of halogens is 2. The summed E-state index contributed by atoms with van der Waals surface area (Å²) in [5, 5.41) is 2.91. The van der Waals surface area contributed by atoms with E-state index in [-0.39, 0.29) is 33.7 Å². The van der Waals surface area contributed by atoms with Crippen LogP contribution in [0.15, 0.2) is 15.6 Å². The Hall–Kier alpha value is -0.880. The lowest BCUT2D eigenvalue weighted by Crippen LogP contribution is -2.37. The Morgan fingerprint density at radius 3 is 2.94 bits per heavy atom. The van der Waals surface area contributed by atoms with E-state index in [2.05, 4.69) is 26.2 Å². The predicted octanol–water partition coefficient (Wildman–Crippen LogP) is 1.96. The Balaban J connectivity index is 2.71. The van der Waals surface area contributed by atoms with E-state index in [0.717, 1.165) is 12.8 Å². The van der Waals surface area contributed by atoms with E-state index in [4.69, 9.17) is 11.6 Å². The molecule has 1 N–H and O–H groups in total. The van der Waals surface area contributed by atoms with E-state index >= 15 is 0 Å². The molecule has 0 aliphatic heterocycles. The van der Waals surface area contributed by atoms with Crippen molar-refractivity contribution in [3.63, 3.8) is 0 Å². The van der Waals surface area contributed by atoms with Crippen molar-refractivity contribution in [1.82, 2.24) is 14.9 Å². The van der Waals surface area contributed by atoms with Gasteiger partial charge in [0.25, 0.3) is 5.56 Å². The summed E-state index contributed by atoms with van der Waals surface area (Å²) in [7, 11) is 0. The average Bonchev–Trinajstić information content (AvgIpc) is 2.30. The highest BCUT2D eigenvalue weighted by molar-refractivity contribution is 9.10. The lowest BCUT2D eigenvalue weighted by molar-refractivity contribution is -0.122. The molecular weight excluding hydrogens is 321 g/mol. The molecule has 0 aliphatic rings. The summed E-state index contributed by atoms with van der Waals surface area (Å²) in [6.07, 6.45) is 3.16. The normalized spacial score (nSPS) is 12.2. The zero-order valence-electron chi connectivity index (χ0n) is 10.2. The smallest absolute Gasteiger partial charge is 0.269 e. The first kappa shape index (κ1) is 15.2. The lowest BCUT2D eigenvalue weighted by atomic mass is 10.2. The molecule has 1 aromatic rings. The molecule has 0 fully saturated rings. The first-order valence-corrected chi connectivity index (χ1v) is 6.82. The van der Waals surface area contributed by atoms with Crippen molar-refractivity contribution in [2.24, 2.45) is 0 Å². The van der Waals surface area contributed by atoms with E-state index in [0.29, 0.717) is 0 Å². The van der Waals surface area contributed by atoms with Gasteiger partial charge in [0.2, 0.25) is 5.91 Å². The van der Waals surface area contributed by atoms with Gasteiger partial charge >= 0.3 is 0 Å². The molecule has 0 aliphatic carbocycles. The minimum Gasteiger partial charge on any atom is -0.352 e. The number of rotatable bonds is 5. The molecule has 100 valence electrons. The number of hydrogen-bond donors (Lipinski definition) is 1. The highest BCUT2D eigenvalue weighted by Gasteiger charge is 2.11. The third kappa shape index (κ3) is 4.10. The Morgan fingerprint density at radius 1 is 1.67 bits per heavy atom. The van der Waals surface area contributed by atoms with E-state index < -0.39 is 0 Å². The molecule has 1 atom stereocenters. The van der Waals surface area contributed by atoms with E-state index in [1.54, 1.807) is 0 Å². The van der Waals surface area contributed by atoms with Gasteiger partial charge in [-0.25, -0.2) is 4.98 Å². The fourth-order valence-corrected chi connectivity index (χ4v) is 1.99. The monoisotopic (exact) mass is 335 g/mol. The Kier molecular flexibility index (Phi) is 5.81. The summed E-state index contributed by atoms with van der Waals surface area (Å²) in [6.45, 7) is 3.92. The molecule has 1 aromatic heterocycles. The molecule has 0 spiro atoms. The van der Waals surface area contributed by atoms with Crippen LogP contribution in [0.4, 0.5) is 0 Å². The minimum atomic E-state index is -0.367. The van der Waals surface area contributed by atoms with Crippen LogP contribution in [-0.2, 0) is 11.3 Å². The highest BCUT2D eigenvalue weighted by Crippen LogP contribution is 2.13. The molecule has 1 amide bonds. The van der Waals surface area contributed by atoms with Crippen LogP contribution in [-0.4, -0.2) is 21.5 Å². The van der Waals surface area contributed by atoms with Gasteiger partial charge in [0.1, 0.15) is 11.0 Å². The zero-order valence-corrected chi connectivity index (χ0v) is 12.6. The van der Waals surface area contributed by atoms with Gasteiger partial charge < -0.3 is 5.32 Å². The summed E-state index contributed by atoms with van der Waals surface area (Å²) >= 11 is 8.71. The number of carbonyl (C=O) groups excluding carboxylic acids is 1. The van der Waals surface area contributed by atoms with Crippen molar-refractivity contribution in [3.05, 3.63) is 26.3 Å². The number of amides is 1. The standard InChI is InChI=1S/C11H15BrClN3O2/c1-3-4-7(2)15-8(17)5-16-6-14-10(13)9(12)11(16)18/h6-7H,3-5H2,1-2H3,(H,15,17). The second-order valence-corrected chi connectivity index (χ2v) is 5.19. The molecule has 7 heteroatoms. The Morgan fingerprint density at radius 2 is 2.33 bits per heavy atom. The maximum atomic E-state index is 11.7. The quantitative estimate of drug-likeness (QED) is 0.836. The van der Waals surface area contributed by atoms with E-state index in [1.807, 2.05) is 13.8 Å². The lowest BCUT2D eigenvalue weighted by Gasteiger charge is -2.13. The molecule has 1 unspecified atom stereocenters. The van der Waals surface area contributed by atoms with Gasteiger partial charge in [0.15, 0.2) is 5.15 Å². The SMILES string of the molecule is CCCC(C)NC(=O)Cn1cnc(Cl)c(Br)c1=O. The fraction of sp³-hybridized carbons (Fsp3) is 0.545. The van der Waals surface area contributed by atoms with Gasteiger partial charge in [-0.2, -0.15) is 0 Å². The van der Waals surface area contributed by atoms with Crippen LogP contribution < -0.4 is 10.9 Å². The molecule has 0 radical (unpaired) electrons. The third-order valence-electron chi connectivity index (χ3n) is 2.38. The maximum absolute atomic E-state index is 11.7. The second-order valence-electron chi connectivity index (χ2n) is 4.04. The van der Waals surface area contributed by atoms with Gasteiger partial charge in [-0.15, -0.1) is 0 Å². The Bertz CT molecular complexity index is 490. The van der Waals surface area contributed by atoms with Crippen molar-refractivity contribution >= 4 is 33.4 Å².